The van der Waals surface area contributed by atoms with E-state index in [1.807, 2.05) is 13.8 Å². The normalized spacial score (nSPS) is 23.2. The average Bonchev–Trinajstić information content (AvgIpc) is 2.36. The number of piperazine rings is 1. The Morgan fingerprint density at radius 2 is 2.00 bits per heavy atom. The molecule has 0 radical (unpaired) electrons. The van der Waals surface area contributed by atoms with Crippen LogP contribution in [0.15, 0.2) is 18.2 Å². The fourth-order valence-electron chi connectivity index (χ4n) is 2.25. The van der Waals surface area contributed by atoms with E-state index < -0.39 is 17.9 Å². The average molecular weight is 299 g/mol. The van der Waals surface area contributed by atoms with Crippen LogP contribution in [-0.2, 0) is 9.59 Å². The Morgan fingerprint density at radius 3 is 2.55 bits per heavy atom. The minimum Gasteiger partial charge on any atom is -0.342 e. The molecule has 1 aliphatic rings. The summed E-state index contributed by atoms with van der Waals surface area (Å²) in [6.45, 7) is 5.22. The zero-order chi connectivity index (χ0) is 15.0. The monoisotopic (exact) mass is 298 g/mol. The SMILES string of the molecule is CC(C)C1NC(=O)C(C)N(c2ccc(Cl)cc2F)C1=O. The molecule has 108 valence electrons. The second kappa shape index (κ2) is 5.40. The van der Waals surface area contributed by atoms with Gasteiger partial charge in [-0.25, -0.2) is 4.39 Å². The fourth-order valence-corrected chi connectivity index (χ4v) is 2.41. The molecule has 1 saturated heterocycles. The van der Waals surface area contributed by atoms with Gasteiger partial charge in [-0.2, -0.15) is 0 Å². The first-order valence-electron chi connectivity index (χ1n) is 6.41. The molecule has 1 aromatic carbocycles. The van der Waals surface area contributed by atoms with Crippen molar-refractivity contribution in [2.24, 2.45) is 5.92 Å². The zero-order valence-electron chi connectivity index (χ0n) is 11.5. The lowest BCUT2D eigenvalue weighted by atomic mass is 9.97. The first-order chi connectivity index (χ1) is 9.32. The van der Waals surface area contributed by atoms with Gasteiger partial charge in [0.2, 0.25) is 5.91 Å². The number of benzene rings is 1. The van der Waals surface area contributed by atoms with Gasteiger partial charge in [0.25, 0.3) is 5.91 Å². The van der Waals surface area contributed by atoms with E-state index >= 15 is 0 Å². The van der Waals surface area contributed by atoms with Crippen molar-refractivity contribution in [1.82, 2.24) is 5.32 Å². The number of amides is 2. The highest BCUT2D eigenvalue weighted by atomic mass is 35.5. The molecule has 2 atom stereocenters. The number of nitrogens with one attached hydrogen (secondary N) is 1. The molecule has 1 fully saturated rings. The van der Waals surface area contributed by atoms with Crippen LogP contribution in [0.2, 0.25) is 5.02 Å². The van der Waals surface area contributed by atoms with E-state index in [9.17, 15) is 14.0 Å². The number of rotatable bonds is 2. The first-order valence-corrected chi connectivity index (χ1v) is 6.79. The Labute approximate surface area is 121 Å². The van der Waals surface area contributed by atoms with E-state index in [2.05, 4.69) is 5.32 Å². The van der Waals surface area contributed by atoms with Crippen LogP contribution in [-0.4, -0.2) is 23.9 Å². The largest absolute Gasteiger partial charge is 0.342 e. The molecule has 0 aliphatic carbocycles. The van der Waals surface area contributed by atoms with E-state index in [-0.39, 0.29) is 28.4 Å². The third-order valence-corrected chi connectivity index (χ3v) is 3.64. The van der Waals surface area contributed by atoms with Gasteiger partial charge in [0.05, 0.1) is 5.69 Å². The number of hydrogen-bond acceptors (Lipinski definition) is 2. The van der Waals surface area contributed by atoms with Gasteiger partial charge in [-0.05, 0) is 31.0 Å². The minimum absolute atomic E-state index is 0.0724. The molecule has 2 unspecified atom stereocenters. The molecule has 2 amide bonds. The van der Waals surface area contributed by atoms with Gasteiger partial charge in [0.1, 0.15) is 17.9 Å². The maximum atomic E-state index is 14.0. The Kier molecular flexibility index (Phi) is 3.99. The maximum absolute atomic E-state index is 14.0. The summed E-state index contributed by atoms with van der Waals surface area (Å²) in [5.74, 6) is -1.29. The smallest absolute Gasteiger partial charge is 0.250 e. The van der Waals surface area contributed by atoms with Crippen LogP contribution in [0.1, 0.15) is 20.8 Å². The number of carbonyl (C=O) groups is 2. The Bertz CT molecular complexity index is 562. The molecule has 2 rings (SSSR count). The number of anilines is 1. The Morgan fingerprint density at radius 1 is 1.35 bits per heavy atom. The van der Waals surface area contributed by atoms with Gasteiger partial charge >= 0.3 is 0 Å². The van der Waals surface area contributed by atoms with E-state index in [0.717, 1.165) is 6.07 Å². The summed E-state index contributed by atoms with van der Waals surface area (Å²) in [6, 6.07) is 2.65. The van der Waals surface area contributed by atoms with Gasteiger partial charge in [-0.1, -0.05) is 25.4 Å². The molecule has 0 bridgehead atoms. The number of carbonyl (C=O) groups excluding carboxylic acids is 2. The summed E-state index contributed by atoms with van der Waals surface area (Å²) < 4.78 is 14.0. The summed E-state index contributed by atoms with van der Waals surface area (Å²) >= 11 is 5.71. The number of nitrogens with zero attached hydrogens (tertiary/aromatic N) is 1. The van der Waals surface area contributed by atoms with Crippen molar-refractivity contribution in [2.75, 3.05) is 4.90 Å². The lowest BCUT2D eigenvalue weighted by Gasteiger charge is -2.38. The lowest BCUT2D eigenvalue weighted by Crippen LogP contribution is -2.64. The van der Waals surface area contributed by atoms with Crippen molar-refractivity contribution in [1.29, 1.82) is 0 Å². The second-order valence-electron chi connectivity index (χ2n) is 5.21. The highest BCUT2D eigenvalue weighted by Crippen LogP contribution is 2.28. The van der Waals surface area contributed by atoms with Crippen LogP contribution in [0.3, 0.4) is 0 Å². The summed E-state index contributed by atoms with van der Waals surface area (Å²) in [4.78, 5) is 25.6. The third kappa shape index (κ3) is 2.50. The third-order valence-electron chi connectivity index (χ3n) is 3.40. The Hall–Kier alpha value is -1.62. The molecular formula is C14H16ClFN2O2. The molecular weight excluding hydrogens is 283 g/mol. The van der Waals surface area contributed by atoms with Crippen LogP contribution in [0.4, 0.5) is 10.1 Å². The fraction of sp³-hybridized carbons (Fsp3) is 0.429. The van der Waals surface area contributed by atoms with Crippen molar-refractivity contribution >= 4 is 29.1 Å². The first kappa shape index (κ1) is 14.8. The van der Waals surface area contributed by atoms with Crippen molar-refractivity contribution in [3.63, 3.8) is 0 Å². The van der Waals surface area contributed by atoms with Crippen LogP contribution in [0.5, 0.6) is 0 Å². The van der Waals surface area contributed by atoms with Gasteiger partial charge in [0, 0.05) is 5.02 Å². The van der Waals surface area contributed by atoms with Crippen LogP contribution < -0.4 is 10.2 Å². The highest BCUT2D eigenvalue weighted by Gasteiger charge is 2.41. The van der Waals surface area contributed by atoms with Crippen molar-refractivity contribution in [2.45, 2.75) is 32.9 Å². The summed E-state index contributed by atoms with van der Waals surface area (Å²) in [5, 5.41) is 2.91. The molecule has 4 nitrogen and oxygen atoms in total. The molecule has 0 aromatic heterocycles. The van der Waals surface area contributed by atoms with Crippen molar-refractivity contribution < 1.29 is 14.0 Å². The second-order valence-corrected chi connectivity index (χ2v) is 5.65. The van der Waals surface area contributed by atoms with E-state index in [1.54, 1.807) is 6.92 Å². The number of hydrogen-bond donors (Lipinski definition) is 1. The molecule has 1 heterocycles. The maximum Gasteiger partial charge on any atom is 0.250 e. The number of halogens is 2. The van der Waals surface area contributed by atoms with Crippen LogP contribution in [0, 0.1) is 11.7 Å². The molecule has 0 saturated carbocycles. The Balaban J connectivity index is 2.46. The van der Waals surface area contributed by atoms with Crippen molar-refractivity contribution in [3.05, 3.63) is 29.0 Å². The topological polar surface area (TPSA) is 49.4 Å². The molecule has 1 aromatic rings. The predicted molar refractivity (Wildman–Crippen MR) is 75.1 cm³/mol. The van der Waals surface area contributed by atoms with Crippen molar-refractivity contribution in [3.8, 4) is 0 Å². The quantitative estimate of drug-likeness (QED) is 0.911. The van der Waals surface area contributed by atoms with E-state index in [0.29, 0.717) is 0 Å². The van der Waals surface area contributed by atoms with Gasteiger partial charge in [-0.3, -0.25) is 14.5 Å². The lowest BCUT2D eigenvalue weighted by molar-refractivity contribution is -0.134. The van der Waals surface area contributed by atoms with Gasteiger partial charge in [-0.15, -0.1) is 0 Å². The molecule has 0 spiro atoms. The molecule has 1 N–H and O–H groups in total. The van der Waals surface area contributed by atoms with Crippen LogP contribution in [0.25, 0.3) is 0 Å². The van der Waals surface area contributed by atoms with Gasteiger partial charge < -0.3 is 5.32 Å². The van der Waals surface area contributed by atoms with E-state index in [1.165, 1.54) is 17.0 Å². The summed E-state index contributed by atoms with van der Waals surface area (Å²) in [5.41, 5.74) is 0.0763. The summed E-state index contributed by atoms with van der Waals surface area (Å²) in [6.07, 6.45) is 0. The van der Waals surface area contributed by atoms with Crippen LogP contribution >= 0.6 is 11.6 Å². The minimum atomic E-state index is -0.756. The standard InChI is InChI=1S/C14H16ClFN2O2/c1-7(2)12-14(20)18(8(3)13(19)17-12)11-5-4-9(15)6-10(11)16/h4-8,12H,1-3H3,(H,17,19). The summed E-state index contributed by atoms with van der Waals surface area (Å²) in [7, 11) is 0. The molecule has 20 heavy (non-hydrogen) atoms. The van der Waals surface area contributed by atoms with E-state index in [4.69, 9.17) is 11.6 Å². The highest BCUT2D eigenvalue weighted by molar-refractivity contribution is 6.30. The molecule has 6 heteroatoms. The predicted octanol–water partition coefficient (Wildman–Crippen LogP) is 2.36. The zero-order valence-corrected chi connectivity index (χ0v) is 12.2. The van der Waals surface area contributed by atoms with Gasteiger partial charge in [0.15, 0.2) is 0 Å². The molecule has 1 aliphatic heterocycles.